The number of anilines is 1. The SMILES string of the molecule is CCS(=O)(=O)Nc1cc(-c2ccccc2F)cc(-n2cnc3cc(-c4cnn(C)c4)ccc32)n1. The van der Waals surface area contributed by atoms with Gasteiger partial charge in [-0.25, -0.2) is 22.8 Å². The molecule has 0 aliphatic heterocycles. The molecule has 172 valence electrons. The number of benzene rings is 2. The number of fused-ring (bicyclic) bond motifs is 1. The van der Waals surface area contributed by atoms with Crippen molar-refractivity contribution in [1.82, 2.24) is 24.3 Å². The first kappa shape index (κ1) is 21.8. The number of aryl methyl sites for hydroxylation is 1. The molecule has 0 unspecified atom stereocenters. The summed E-state index contributed by atoms with van der Waals surface area (Å²) in [7, 11) is -1.73. The first-order valence-corrected chi connectivity index (χ1v) is 12.2. The van der Waals surface area contributed by atoms with Crippen LogP contribution in [0.4, 0.5) is 10.2 Å². The Balaban J connectivity index is 1.65. The number of hydrogen-bond acceptors (Lipinski definition) is 5. The molecule has 0 saturated carbocycles. The van der Waals surface area contributed by atoms with Crippen LogP contribution in [0.1, 0.15) is 6.92 Å². The van der Waals surface area contributed by atoms with Gasteiger partial charge in [0.2, 0.25) is 10.0 Å². The van der Waals surface area contributed by atoms with Gasteiger partial charge in [0.25, 0.3) is 0 Å². The molecular weight excluding hydrogens is 455 g/mol. The maximum absolute atomic E-state index is 14.6. The van der Waals surface area contributed by atoms with Crippen molar-refractivity contribution < 1.29 is 12.8 Å². The highest BCUT2D eigenvalue weighted by Crippen LogP contribution is 2.29. The Labute approximate surface area is 195 Å². The number of rotatable bonds is 6. The van der Waals surface area contributed by atoms with E-state index < -0.39 is 15.8 Å². The van der Waals surface area contributed by atoms with E-state index in [1.807, 2.05) is 31.4 Å². The molecule has 2 aromatic carbocycles. The molecule has 1 N–H and O–H groups in total. The van der Waals surface area contributed by atoms with Gasteiger partial charge in [-0.1, -0.05) is 24.3 Å². The van der Waals surface area contributed by atoms with Crippen LogP contribution in [-0.2, 0) is 17.1 Å². The summed E-state index contributed by atoms with van der Waals surface area (Å²) in [6.45, 7) is 1.53. The normalized spacial score (nSPS) is 11.7. The summed E-state index contributed by atoms with van der Waals surface area (Å²) in [5.41, 5.74) is 4.27. The van der Waals surface area contributed by atoms with Crippen LogP contribution >= 0.6 is 0 Å². The largest absolute Gasteiger partial charge is 0.283 e. The molecule has 0 aliphatic carbocycles. The molecule has 0 aliphatic rings. The molecule has 10 heteroatoms. The molecule has 0 fully saturated rings. The van der Waals surface area contributed by atoms with Gasteiger partial charge in [-0.3, -0.25) is 14.0 Å². The Morgan fingerprint density at radius 3 is 2.59 bits per heavy atom. The minimum atomic E-state index is -3.58. The molecule has 0 saturated heterocycles. The maximum atomic E-state index is 14.6. The first-order chi connectivity index (χ1) is 16.3. The third kappa shape index (κ3) is 4.15. The molecule has 8 nitrogen and oxygen atoms in total. The van der Waals surface area contributed by atoms with Gasteiger partial charge in [-0.15, -0.1) is 0 Å². The van der Waals surface area contributed by atoms with Gasteiger partial charge in [-0.05, 0) is 48.4 Å². The second kappa shape index (κ2) is 8.38. The Hall–Kier alpha value is -4.05. The van der Waals surface area contributed by atoms with Gasteiger partial charge in [-0.2, -0.15) is 5.10 Å². The van der Waals surface area contributed by atoms with E-state index in [-0.39, 0.29) is 11.6 Å². The van der Waals surface area contributed by atoms with Gasteiger partial charge in [0, 0.05) is 24.4 Å². The van der Waals surface area contributed by atoms with E-state index >= 15 is 0 Å². The average molecular weight is 477 g/mol. The quantitative estimate of drug-likeness (QED) is 0.392. The molecule has 3 aromatic heterocycles. The molecule has 0 atom stereocenters. The fraction of sp³-hybridized carbons (Fsp3) is 0.125. The predicted octanol–water partition coefficient (Wildman–Crippen LogP) is 4.39. The van der Waals surface area contributed by atoms with Gasteiger partial charge >= 0.3 is 0 Å². The van der Waals surface area contributed by atoms with Crippen LogP contribution in [-0.4, -0.2) is 38.5 Å². The summed E-state index contributed by atoms with van der Waals surface area (Å²) in [5.74, 6) is -0.0165. The monoisotopic (exact) mass is 476 g/mol. The summed E-state index contributed by atoms with van der Waals surface area (Å²) in [4.78, 5) is 9.01. The van der Waals surface area contributed by atoms with Crippen molar-refractivity contribution in [2.75, 3.05) is 10.5 Å². The molecule has 0 bridgehead atoms. The number of aromatic nitrogens is 5. The Kier molecular flexibility index (Phi) is 5.37. The molecular formula is C24H21FN6O2S. The zero-order valence-corrected chi connectivity index (χ0v) is 19.3. The Morgan fingerprint density at radius 1 is 1.03 bits per heavy atom. The third-order valence-electron chi connectivity index (χ3n) is 5.47. The fourth-order valence-electron chi connectivity index (χ4n) is 3.72. The van der Waals surface area contributed by atoms with E-state index in [1.54, 1.807) is 46.0 Å². The van der Waals surface area contributed by atoms with E-state index in [0.29, 0.717) is 16.9 Å². The third-order valence-corrected chi connectivity index (χ3v) is 6.75. The lowest BCUT2D eigenvalue weighted by Gasteiger charge is -2.12. The van der Waals surface area contributed by atoms with Crippen LogP contribution in [0.3, 0.4) is 0 Å². The van der Waals surface area contributed by atoms with Crippen molar-refractivity contribution in [2.45, 2.75) is 6.92 Å². The van der Waals surface area contributed by atoms with Crippen LogP contribution in [0, 0.1) is 5.82 Å². The van der Waals surface area contributed by atoms with Crippen molar-refractivity contribution >= 4 is 26.9 Å². The van der Waals surface area contributed by atoms with Crippen molar-refractivity contribution in [3.8, 4) is 28.1 Å². The lowest BCUT2D eigenvalue weighted by atomic mass is 10.1. The molecule has 5 aromatic rings. The molecule has 0 spiro atoms. The lowest BCUT2D eigenvalue weighted by molar-refractivity contribution is 0.602. The van der Waals surface area contributed by atoms with Crippen LogP contribution in [0.5, 0.6) is 0 Å². The van der Waals surface area contributed by atoms with Gasteiger partial charge < -0.3 is 0 Å². The Morgan fingerprint density at radius 2 is 1.85 bits per heavy atom. The van der Waals surface area contributed by atoms with Gasteiger partial charge in [0.1, 0.15) is 23.8 Å². The van der Waals surface area contributed by atoms with Gasteiger partial charge in [0.15, 0.2) is 0 Å². The standard InChI is InChI=1S/C24H21FN6O2S/c1-3-34(32,33)29-23-11-17(19-6-4-5-7-20(19)25)12-24(28-23)31-15-26-21-10-16(8-9-22(21)31)18-13-27-30(2)14-18/h4-15H,3H2,1-2H3,(H,28,29). The van der Waals surface area contributed by atoms with Crippen LogP contribution in [0.25, 0.3) is 39.1 Å². The lowest BCUT2D eigenvalue weighted by Crippen LogP contribution is -2.16. The highest BCUT2D eigenvalue weighted by molar-refractivity contribution is 7.92. The van der Waals surface area contributed by atoms with Crippen molar-refractivity contribution in [3.63, 3.8) is 0 Å². The summed E-state index contributed by atoms with van der Waals surface area (Å²) in [5, 5.41) is 4.21. The molecule has 3 heterocycles. The highest BCUT2D eigenvalue weighted by atomic mass is 32.2. The number of nitrogens with zero attached hydrogens (tertiary/aromatic N) is 5. The number of imidazole rings is 1. The van der Waals surface area contributed by atoms with Crippen molar-refractivity contribution in [1.29, 1.82) is 0 Å². The topological polar surface area (TPSA) is 94.7 Å². The Bertz CT molecular complexity index is 1620. The molecule has 34 heavy (non-hydrogen) atoms. The second-order valence-corrected chi connectivity index (χ2v) is 9.82. The number of halogens is 1. The van der Waals surface area contributed by atoms with Crippen LogP contribution < -0.4 is 4.72 Å². The predicted molar refractivity (Wildman–Crippen MR) is 130 cm³/mol. The zero-order valence-electron chi connectivity index (χ0n) is 18.5. The number of sulfonamides is 1. The molecule has 5 rings (SSSR count). The number of pyridine rings is 1. The van der Waals surface area contributed by atoms with Crippen LogP contribution in [0.15, 0.2) is 73.3 Å². The summed E-state index contributed by atoms with van der Waals surface area (Å²) < 4.78 is 44.9. The number of nitrogens with one attached hydrogen (secondary N) is 1. The second-order valence-electron chi connectivity index (χ2n) is 7.81. The highest BCUT2D eigenvalue weighted by Gasteiger charge is 2.15. The average Bonchev–Trinajstić information content (AvgIpc) is 3.44. The summed E-state index contributed by atoms with van der Waals surface area (Å²) in [6, 6.07) is 15.4. The van der Waals surface area contributed by atoms with E-state index in [4.69, 9.17) is 0 Å². The summed E-state index contributed by atoms with van der Waals surface area (Å²) >= 11 is 0. The fourth-order valence-corrected chi connectivity index (χ4v) is 4.29. The van der Waals surface area contributed by atoms with Crippen LogP contribution in [0.2, 0.25) is 0 Å². The summed E-state index contributed by atoms with van der Waals surface area (Å²) in [6.07, 6.45) is 5.32. The van der Waals surface area contributed by atoms with E-state index in [0.717, 1.165) is 22.2 Å². The van der Waals surface area contributed by atoms with E-state index in [9.17, 15) is 12.8 Å². The first-order valence-electron chi connectivity index (χ1n) is 10.6. The van der Waals surface area contributed by atoms with E-state index in [2.05, 4.69) is 19.8 Å². The van der Waals surface area contributed by atoms with Crippen molar-refractivity contribution in [2.24, 2.45) is 7.05 Å². The zero-order chi connectivity index (χ0) is 23.9. The minimum Gasteiger partial charge on any atom is -0.283 e. The smallest absolute Gasteiger partial charge is 0.233 e. The van der Waals surface area contributed by atoms with Crippen molar-refractivity contribution in [3.05, 3.63) is 79.1 Å². The maximum Gasteiger partial charge on any atom is 0.233 e. The molecule has 0 amide bonds. The number of hydrogen-bond donors (Lipinski definition) is 1. The van der Waals surface area contributed by atoms with Gasteiger partial charge in [0.05, 0.1) is 23.0 Å². The molecule has 0 radical (unpaired) electrons. The van der Waals surface area contributed by atoms with E-state index in [1.165, 1.54) is 19.1 Å². The minimum absolute atomic E-state index is 0.103.